The van der Waals surface area contributed by atoms with E-state index in [1.165, 1.54) is 0 Å². The fraction of sp³-hybridized carbons (Fsp3) is 0.667. The first-order valence-electron chi connectivity index (χ1n) is 6.26. The fourth-order valence-electron chi connectivity index (χ4n) is 2.09. The van der Waals surface area contributed by atoms with E-state index in [1.54, 1.807) is 17.9 Å². The maximum absolute atomic E-state index is 12.1. The van der Waals surface area contributed by atoms with E-state index >= 15 is 0 Å². The van der Waals surface area contributed by atoms with Gasteiger partial charge in [0.2, 0.25) is 5.76 Å². The van der Waals surface area contributed by atoms with Gasteiger partial charge in [-0.2, -0.15) is 0 Å². The van der Waals surface area contributed by atoms with E-state index in [0.29, 0.717) is 18.8 Å². The molecule has 2 heterocycles. The number of aromatic nitrogens is 1. The van der Waals surface area contributed by atoms with Gasteiger partial charge >= 0.3 is 0 Å². The van der Waals surface area contributed by atoms with Crippen LogP contribution in [-0.2, 0) is 0 Å². The number of amides is 1. The van der Waals surface area contributed by atoms with Crippen LogP contribution in [0.5, 0.6) is 0 Å². The lowest BCUT2D eigenvalue weighted by atomic mass is 10.2. The molecular weight excluding hydrogens is 234 g/mol. The molecule has 100 valence electrons. The van der Waals surface area contributed by atoms with Crippen molar-refractivity contribution in [2.75, 3.05) is 39.3 Å². The molecule has 1 amide bonds. The number of hydrogen-bond acceptors (Lipinski definition) is 5. The van der Waals surface area contributed by atoms with Gasteiger partial charge in [-0.3, -0.25) is 9.69 Å². The predicted octanol–water partition coefficient (Wildman–Crippen LogP) is 0.123. The number of rotatable bonds is 4. The molecule has 0 atom stereocenters. The second-order valence-electron chi connectivity index (χ2n) is 4.54. The Hall–Kier alpha value is -1.40. The maximum atomic E-state index is 12.1. The molecule has 1 fully saturated rings. The molecule has 1 aliphatic heterocycles. The van der Waals surface area contributed by atoms with Gasteiger partial charge in [-0.1, -0.05) is 5.16 Å². The summed E-state index contributed by atoms with van der Waals surface area (Å²) in [6.45, 7) is 6.00. The fourth-order valence-corrected chi connectivity index (χ4v) is 2.09. The van der Waals surface area contributed by atoms with Crippen LogP contribution in [0.1, 0.15) is 22.7 Å². The molecule has 1 saturated heterocycles. The summed E-state index contributed by atoms with van der Waals surface area (Å²) in [5, 5.41) is 12.5. The summed E-state index contributed by atoms with van der Waals surface area (Å²) in [5.74, 6) is 0.230. The molecule has 0 saturated carbocycles. The summed E-state index contributed by atoms with van der Waals surface area (Å²) in [4.78, 5) is 16.1. The highest BCUT2D eigenvalue weighted by Gasteiger charge is 2.24. The van der Waals surface area contributed by atoms with Crippen LogP contribution in [0.4, 0.5) is 0 Å². The molecule has 0 radical (unpaired) electrons. The Labute approximate surface area is 106 Å². The third kappa shape index (κ3) is 3.08. The van der Waals surface area contributed by atoms with Crippen molar-refractivity contribution >= 4 is 5.91 Å². The highest BCUT2D eigenvalue weighted by Crippen LogP contribution is 2.10. The zero-order valence-corrected chi connectivity index (χ0v) is 10.6. The van der Waals surface area contributed by atoms with E-state index < -0.39 is 0 Å². The Morgan fingerprint density at radius 2 is 2.17 bits per heavy atom. The molecule has 0 spiro atoms. The Kier molecular flexibility index (Phi) is 4.33. The monoisotopic (exact) mass is 253 g/mol. The molecule has 18 heavy (non-hydrogen) atoms. The predicted molar refractivity (Wildman–Crippen MR) is 65.3 cm³/mol. The molecular formula is C12H19N3O3. The van der Waals surface area contributed by atoms with Crippen molar-refractivity contribution in [3.05, 3.63) is 17.5 Å². The molecule has 1 aromatic rings. The van der Waals surface area contributed by atoms with Gasteiger partial charge in [0.05, 0.1) is 5.69 Å². The van der Waals surface area contributed by atoms with Crippen LogP contribution in [0.3, 0.4) is 0 Å². The van der Waals surface area contributed by atoms with Crippen LogP contribution in [0.25, 0.3) is 0 Å². The first-order chi connectivity index (χ1) is 8.70. The number of nitrogens with zero attached hydrogens (tertiary/aromatic N) is 3. The van der Waals surface area contributed by atoms with Crippen LogP contribution in [-0.4, -0.2) is 65.3 Å². The Bertz CT molecular complexity index is 397. The molecule has 1 aliphatic rings. The number of aliphatic hydroxyl groups excluding tert-OH is 1. The summed E-state index contributed by atoms with van der Waals surface area (Å²) in [6.07, 6.45) is 0.787. The van der Waals surface area contributed by atoms with Gasteiger partial charge in [0.25, 0.3) is 5.91 Å². The number of carbonyl (C=O) groups is 1. The Morgan fingerprint density at radius 3 is 2.72 bits per heavy atom. The van der Waals surface area contributed by atoms with Crippen LogP contribution in [0.2, 0.25) is 0 Å². The molecule has 0 aromatic carbocycles. The first-order valence-corrected chi connectivity index (χ1v) is 6.26. The summed E-state index contributed by atoms with van der Waals surface area (Å²) in [5.41, 5.74) is 0.722. The normalized spacial score (nSPS) is 17.1. The van der Waals surface area contributed by atoms with Crippen LogP contribution >= 0.6 is 0 Å². The topological polar surface area (TPSA) is 69.8 Å². The van der Waals surface area contributed by atoms with Crippen molar-refractivity contribution < 1.29 is 14.4 Å². The zero-order chi connectivity index (χ0) is 13.0. The lowest BCUT2D eigenvalue weighted by Gasteiger charge is -2.34. The summed E-state index contributed by atoms with van der Waals surface area (Å²) in [6, 6.07) is 1.67. The second kappa shape index (κ2) is 5.97. The molecule has 1 aromatic heterocycles. The number of aliphatic hydroxyl groups is 1. The van der Waals surface area contributed by atoms with E-state index in [4.69, 9.17) is 9.63 Å². The third-order valence-electron chi connectivity index (χ3n) is 3.13. The number of hydrogen-bond donors (Lipinski definition) is 1. The van der Waals surface area contributed by atoms with Gasteiger partial charge in [-0.15, -0.1) is 0 Å². The SMILES string of the molecule is Cc1cc(C(=O)N2CCN(CCCO)CC2)on1. The average molecular weight is 253 g/mol. The molecule has 0 aliphatic carbocycles. The van der Waals surface area contributed by atoms with E-state index in [9.17, 15) is 4.79 Å². The zero-order valence-electron chi connectivity index (χ0n) is 10.6. The summed E-state index contributed by atoms with van der Waals surface area (Å²) in [7, 11) is 0. The smallest absolute Gasteiger partial charge is 0.292 e. The molecule has 6 nitrogen and oxygen atoms in total. The minimum Gasteiger partial charge on any atom is -0.396 e. The highest BCUT2D eigenvalue weighted by atomic mass is 16.5. The minimum atomic E-state index is -0.0857. The van der Waals surface area contributed by atoms with Crippen molar-refractivity contribution in [3.63, 3.8) is 0 Å². The van der Waals surface area contributed by atoms with Gasteiger partial charge in [0.15, 0.2) is 0 Å². The molecule has 0 bridgehead atoms. The van der Waals surface area contributed by atoms with Crippen LogP contribution in [0.15, 0.2) is 10.6 Å². The number of aryl methyl sites for hydroxylation is 1. The molecule has 2 rings (SSSR count). The van der Waals surface area contributed by atoms with Gasteiger partial charge in [-0.05, 0) is 13.3 Å². The lowest BCUT2D eigenvalue weighted by Crippen LogP contribution is -2.48. The second-order valence-corrected chi connectivity index (χ2v) is 4.54. The number of piperazine rings is 1. The van der Waals surface area contributed by atoms with Crippen LogP contribution < -0.4 is 0 Å². The molecule has 6 heteroatoms. The van der Waals surface area contributed by atoms with Gasteiger partial charge in [0.1, 0.15) is 0 Å². The lowest BCUT2D eigenvalue weighted by molar-refractivity contribution is 0.0589. The Morgan fingerprint density at radius 1 is 1.44 bits per heavy atom. The highest BCUT2D eigenvalue weighted by molar-refractivity contribution is 5.91. The van der Waals surface area contributed by atoms with Crippen molar-refractivity contribution in [2.24, 2.45) is 0 Å². The van der Waals surface area contributed by atoms with Crippen molar-refractivity contribution in [3.8, 4) is 0 Å². The average Bonchev–Trinajstić information content (AvgIpc) is 2.83. The van der Waals surface area contributed by atoms with Gasteiger partial charge in [0, 0.05) is 45.4 Å². The molecule has 0 unspecified atom stereocenters. The van der Waals surface area contributed by atoms with Crippen molar-refractivity contribution in [1.82, 2.24) is 15.0 Å². The summed E-state index contributed by atoms with van der Waals surface area (Å²) >= 11 is 0. The van der Waals surface area contributed by atoms with E-state index in [1.807, 2.05) is 0 Å². The van der Waals surface area contributed by atoms with Crippen molar-refractivity contribution in [1.29, 1.82) is 0 Å². The molecule has 1 N–H and O–H groups in total. The van der Waals surface area contributed by atoms with E-state index in [-0.39, 0.29) is 12.5 Å². The Balaban J connectivity index is 1.84. The standard InChI is InChI=1S/C12H19N3O3/c1-10-9-11(18-13-10)12(17)15-6-4-14(5-7-15)3-2-8-16/h9,16H,2-8H2,1H3. The summed E-state index contributed by atoms with van der Waals surface area (Å²) < 4.78 is 4.98. The quantitative estimate of drug-likeness (QED) is 0.825. The van der Waals surface area contributed by atoms with Crippen LogP contribution in [0, 0.1) is 6.92 Å². The largest absolute Gasteiger partial charge is 0.396 e. The number of carbonyl (C=O) groups excluding carboxylic acids is 1. The van der Waals surface area contributed by atoms with E-state index in [2.05, 4.69) is 10.1 Å². The van der Waals surface area contributed by atoms with E-state index in [0.717, 1.165) is 31.7 Å². The van der Waals surface area contributed by atoms with Crippen molar-refractivity contribution in [2.45, 2.75) is 13.3 Å². The third-order valence-corrected chi connectivity index (χ3v) is 3.13. The van der Waals surface area contributed by atoms with Gasteiger partial charge in [-0.25, -0.2) is 0 Å². The minimum absolute atomic E-state index is 0.0857. The van der Waals surface area contributed by atoms with Gasteiger partial charge < -0.3 is 14.5 Å². The first kappa shape index (κ1) is 13.0. The maximum Gasteiger partial charge on any atom is 0.292 e.